The fourth-order valence-corrected chi connectivity index (χ4v) is 10.7. The first kappa shape index (κ1) is 39.8. The van der Waals surface area contributed by atoms with Gasteiger partial charge in [-0.25, -0.2) is 4.79 Å². The Balaban J connectivity index is 1.05. The molecule has 0 amide bonds. The molecule has 0 saturated heterocycles. The molecule has 302 valence electrons. The van der Waals surface area contributed by atoms with Crippen LogP contribution in [0.3, 0.4) is 0 Å². The number of aryl methyl sites for hydroxylation is 1. The molecule has 1 saturated carbocycles. The predicted molar refractivity (Wildman–Crippen MR) is 226 cm³/mol. The maximum atomic E-state index is 13.1. The molecule has 8 rings (SSSR count). The highest BCUT2D eigenvalue weighted by molar-refractivity contribution is 6.31. The van der Waals surface area contributed by atoms with Crippen molar-refractivity contribution in [1.82, 2.24) is 9.88 Å². The summed E-state index contributed by atoms with van der Waals surface area (Å²) >= 11 is 12.8. The first-order valence-corrected chi connectivity index (χ1v) is 21.5. The Labute approximate surface area is 347 Å². The minimum Gasteiger partial charge on any atom is -0.493 e. The molecule has 4 atom stereocenters. The fraction of sp³-hybridized carbons (Fsp3) is 0.489. The molecule has 8 nitrogen and oxygen atoms in total. The summed E-state index contributed by atoms with van der Waals surface area (Å²) in [4.78, 5) is 20.1. The highest BCUT2D eigenvalue weighted by atomic mass is 35.5. The van der Waals surface area contributed by atoms with Crippen LogP contribution in [0.2, 0.25) is 10.0 Å². The molecule has 0 bridgehead atoms. The zero-order valence-corrected chi connectivity index (χ0v) is 34.9. The number of hydrogen-bond donors (Lipinski definition) is 2. The van der Waals surface area contributed by atoms with Gasteiger partial charge in [-0.2, -0.15) is 0 Å². The van der Waals surface area contributed by atoms with Crippen molar-refractivity contribution in [2.75, 3.05) is 32.1 Å². The van der Waals surface area contributed by atoms with Gasteiger partial charge in [-0.3, -0.25) is 9.88 Å². The third-order valence-corrected chi connectivity index (χ3v) is 13.9. The van der Waals surface area contributed by atoms with Gasteiger partial charge in [-0.05, 0) is 147 Å². The first-order valence-electron chi connectivity index (χ1n) is 20.8. The quantitative estimate of drug-likeness (QED) is 0.146. The summed E-state index contributed by atoms with van der Waals surface area (Å²) in [7, 11) is 2.10. The molecule has 3 aliphatic carbocycles. The van der Waals surface area contributed by atoms with Crippen molar-refractivity contribution in [1.29, 1.82) is 0 Å². The Morgan fingerprint density at radius 1 is 1.05 bits per heavy atom. The van der Waals surface area contributed by atoms with Crippen LogP contribution in [0.5, 0.6) is 17.2 Å². The number of carboxylic acids is 1. The van der Waals surface area contributed by atoms with E-state index in [0.29, 0.717) is 42.9 Å². The van der Waals surface area contributed by atoms with E-state index in [1.807, 2.05) is 48.7 Å². The number of aromatic nitrogens is 1. The second-order valence-corrected chi connectivity index (χ2v) is 18.2. The topological polar surface area (TPSA) is 93.2 Å². The van der Waals surface area contributed by atoms with Crippen LogP contribution in [0.1, 0.15) is 99.1 Å². The maximum absolute atomic E-state index is 13.1. The Morgan fingerprint density at radius 2 is 1.88 bits per heavy atom. The Bertz CT molecular complexity index is 2080. The molecular formula is C47H55Cl2N3O5. The molecule has 4 aromatic rings. The molecule has 1 fully saturated rings. The number of nitrogens with zero attached hydrogens (tertiary/aromatic N) is 2. The molecule has 57 heavy (non-hydrogen) atoms. The van der Waals surface area contributed by atoms with E-state index in [0.717, 1.165) is 91.6 Å². The molecule has 1 aliphatic heterocycles. The van der Waals surface area contributed by atoms with Gasteiger partial charge in [0.05, 0.1) is 13.2 Å². The molecule has 4 aliphatic rings. The van der Waals surface area contributed by atoms with E-state index < -0.39 is 11.5 Å². The molecule has 1 spiro atoms. The van der Waals surface area contributed by atoms with Crippen LogP contribution in [0.4, 0.5) is 5.69 Å². The summed E-state index contributed by atoms with van der Waals surface area (Å²) in [6, 6.07) is 21.8. The van der Waals surface area contributed by atoms with Crippen molar-refractivity contribution in [3.05, 3.63) is 111 Å². The van der Waals surface area contributed by atoms with Crippen molar-refractivity contribution in [2.45, 2.75) is 108 Å². The monoisotopic (exact) mass is 811 g/mol. The Hall–Kier alpha value is -3.98. The van der Waals surface area contributed by atoms with Crippen LogP contribution < -0.4 is 19.5 Å². The van der Waals surface area contributed by atoms with Crippen molar-refractivity contribution in [2.24, 2.45) is 11.8 Å². The second-order valence-electron chi connectivity index (χ2n) is 17.3. The number of pyridine rings is 1. The van der Waals surface area contributed by atoms with Gasteiger partial charge >= 0.3 is 5.97 Å². The zero-order chi connectivity index (χ0) is 39.7. The molecule has 10 heteroatoms. The van der Waals surface area contributed by atoms with Crippen LogP contribution in [0.25, 0.3) is 0 Å². The number of halogens is 2. The average molecular weight is 813 g/mol. The highest BCUT2D eigenvalue weighted by Gasteiger charge is 2.54. The largest absolute Gasteiger partial charge is 0.493 e. The van der Waals surface area contributed by atoms with Gasteiger partial charge < -0.3 is 24.6 Å². The van der Waals surface area contributed by atoms with Gasteiger partial charge in [-0.15, -0.1) is 0 Å². The fourth-order valence-electron chi connectivity index (χ4n) is 10.3. The molecule has 2 heterocycles. The number of aliphatic carboxylic acids is 1. The summed E-state index contributed by atoms with van der Waals surface area (Å²) < 4.78 is 19.9. The molecule has 1 aromatic heterocycles. The number of benzene rings is 3. The van der Waals surface area contributed by atoms with Gasteiger partial charge in [0.15, 0.2) is 11.5 Å². The third-order valence-electron chi connectivity index (χ3n) is 13.3. The highest BCUT2D eigenvalue weighted by Crippen LogP contribution is 2.58. The lowest BCUT2D eigenvalue weighted by atomic mass is 9.59. The molecule has 0 radical (unpaired) electrons. The van der Waals surface area contributed by atoms with Crippen molar-refractivity contribution >= 4 is 34.9 Å². The molecular weight excluding hydrogens is 757 g/mol. The van der Waals surface area contributed by atoms with Crippen molar-refractivity contribution in [3.63, 3.8) is 0 Å². The number of ether oxygens (including phenoxy) is 3. The van der Waals surface area contributed by atoms with Gasteiger partial charge in [0.25, 0.3) is 0 Å². The van der Waals surface area contributed by atoms with E-state index in [4.69, 9.17) is 42.4 Å². The summed E-state index contributed by atoms with van der Waals surface area (Å²) in [6.07, 6.45) is 10.3. The Kier molecular flexibility index (Phi) is 11.7. The SMILES string of the molecule is C[C@@H](COc1ccnc2c1[C@H](C)CCC2)C[C@H]1Cc2cc3c(cc2C12CCC(Nc1cccc(Cl)c1)(C(=O)O)CC2)O[C@H](CN(C)Cc1ccccc1Cl)CCO3. The van der Waals surface area contributed by atoms with E-state index in [2.05, 4.69) is 49.3 Å². The number of nitrogens with one attached hydrogen (secondary N) is 1. The number of rotatable bonds is 12. The van der Waals surface area contributed by atoms with Gasteiger partial charge in [-0.1, -0.05) is 61.3 Å². The minimum absolute atomic E-state index is 0.0586. The van der Waals surface area contributed by atoms with Crippen molar-refractivity contribution < 1.29 is 24.1 Å². The van der Waals surface area contributed by atoms with E-state index in [1.165, 1.54) is 28.8 Å². The number of hydrogen-bond acceptors (Lipinski definition) is 7. The predicted octanol–water partition coefficient (Wildman–Crippen LogP) is 10.5. The summed E-state index contributed by atoms with van der Waals surface area (Å²) in [5, 5.41) is 15.5. The summed E-state index contributed by atoms with van der Waals surface area (Å²) in [6.45, 7) is 7.23. The lowest BCUT2D eigenvalue weighted by Gasteiger charge is -2.47. The van der Waals surface area contributed by atoms with Crippen LogP contribution in [-0.2, 0) is 29.6 Å². The second kappa shape index (κ2) is 16.7. The van der Waals surface area contributed by atoms with Gasteiger partial charge in [0, 0.05) is 52.7 Å². The summed E-state index contributed by atoms with van der Waals surface area (Å²) in [5.41, 5.74) is 5.52. The molecule has 2 N–H and O–H groups in total. The van der Waals surface area contributed by atoms with Gasteiger partial charge in [0.2, 0.25) is 0 Å². The third kappa shape index (κ3) is 8.33. The number of anilines is 1. The van der Waals surface area contributed by atoms with Crippen LogP contribution in [-0.4, -0.2) is 59.4 Å². The van der Waals surface area contributed by atoms with E-state index >= 15 is 0 Å². The molecule has 3 aromatic carbocycles. The average Bonchev–Trinajstić information content (AvgIpc) is 3.31. The lowest BCUT2D eigenvalue weighted by Crippen LogP contribution is -2.53. The van der Waals surface area contributed by atoms with Crippen LogP contribution >= 0.6 is 23.2 Å². The first-order chi connectivity index (χ1) is 27.5. The van der Waals surface area contributed by atoms with Crippen LogP contribution in [0.15, 0.2) is 72.9 Å². The number of carboxylic acid groups (broad SMARTS) is 1. The zero-order valence-electron chi connectivity index (χ0n) is 33.4. The Morgan fingerprint density at radius 3 is 2.67 bits per heavy atom. The number of fused-ring (bicyclic) bond motifs is 4. The summed E-state index contributed by atoms with van der Waals surface area (Å²) in [5.74, 6) is 2.76. The number of likely N-dealkylation sites (N-methyl/N-ethyl adjacent to an activating group) is 1. The van der Waals surface area contributed by atoms with Gasteiger partial charge in [0.1, 0.15) is 17.4 Å². The standard InChI is InChI=1S/C47H55Cl2N3O5/c1-30(29-56-41-14-20-50-40-13-6-8-31(2)44(40)41)22-34-23-33-24-42-43(57-37(15-21-55-42)28-52(3)27-32-9-4-5-12-39(32)49)26-38(33)46(34)16-18-47(19-17-46,45(53)54)51-36-11-7-10-35(48)25-36/h4-5,7,9-12,14,20,24-26,30-31,34,37,51H,6,8,13,15-19,21-23,27-29H2,1-3H3,(H,53,54)/t30-,31-,34+,37+,46?,47?/m1/s1. The lowest BCUT2D eigenvalue weighted by molar-refractivity contribution is -0.144. The minimum atomic E-state index is -1.10. The van der Waals surface area contributed by atoms with Crippen LogP contribution in [0, 0.1) is 11.8 Å². The van der Waals surface area contributed by atoms with Crippen molar-refractivity contribution in [3.8, 4) is 17.2 Å². The number of carbonyl (C=O) groups is 1. The van der Waals surface area contributed by atoms with E-state index in [-0.39, 0.29) is 17.4 Å². The maximum Gasteiger partial charge on any atom is 0.329 e. The van der Waals surface area contributed by atoms with E-state index in [1.54, 1.807) is 6.07 Å². The van der Waals surface area contributed by atoms with E-state index in [9.17, 15) is 9.90 Å². The molecule has 0 unspecified atom stereocenters. The smallest absolute Gasteiger partial charge is 0.329 e. The normalized spacial score (nSPS) is 25.7.